The van der Waals surface area contributed by atoms with Crippen LogP contribution in [0.3, 0.4) is 0 Å². The van der Waals surface area contributed by atoms with Gasteiger partial charge in [0.05, 0.1) is 23.7 Å². The molecule has 1 aliphatic heterocycles. The van der Waals surface area contributed by atoms with E-state index in [1.54, 1.807) is 0 Å². The molecule has 1 saturated heterocycles. The van der Waals surface area contributed by atoms with Gasteiger partial charge >= 0.3 is 0 Å². The molecule has 1 fully saturated rings. The first-order valence-corrected chi connectivity index (χ1v) is 9.91. The largest absolute Gasteiger partial charge is 0.369 e. The van der Waals surface area contributed by atoms with Crippen LogP contribution in [0.4, 0.5) is 0 Å². The van der Waals surface area contributed by atoms with Crippen LogP contribution in [-0.4, -0.2) is 43.9 Å². The van der Waals surface area contributed by atoms with Gasteiger partial charge in [0.25, 0.3) is 0 Å². The molecule has 146 valence electrons. The van der Waals surface area contributed by atoms with Gasteiger partial charge in [-0.3, -0.25) is 19.3 Å². The van der Waals surface area contributed by atoms with E-state index in [0.29, 0.717) is 6.61 Å². The average Bonchev–Trinajstić information content (AvgIpc) is 3.19. The summed E-state index contributed by atoms with van der Waals surface area (Å²) >= 11 is 0. The molecule has 6 heteroatoms. The molecule has 1 aliphatic rings. The van der Waals surface area contributed by atoms with E-state index in [0.717, 1.165) is 53.6 Å². The molecule has 0 spiro atoms. The molecular formula is C23H23N5O. The normalized spacial score (nSPS) is 17.6. The predicted octanol–water partition coefficient (Wildman–Crippen LogP) is 3.67. The molecule has 4 aromatic heterocycles. The van der Waals surface area contributed by atoms with Crippen LogP contribution in [-0.2, 0) is 11.3 Å². The summed E-state index contributed by atoms with van der Waals surface area (Å²) in [6.45, 7) is 5.27. The van der Waals surface area contributed by atoms with Crippen molar-refractivity contribution in [2.75, 3.05) is 19.7 Å². The minimum absolute atomic E-state index is 0.0428. The van der Waals surface area contributed by atoms with Gasteiger partial charge in [-0.2, -0.15) is 0 Å². The lowest BCUT2D eigenvalue weighted by molar-refractivity contribution is -0.0351. The van der Waals surface area contributed by atoms with Crippen molar-refractivity contribution in [1.29, 1.82) is 0 Å². The van der Waals surface area contributed by atoms with E-state index in [1.165, 1.54) is 0 Å². The van der Waals surface area contributed by atoms with Crippen molar-refractivity contribution in [3.8, 4) is 11.3 Å². The van der Waals surface area contributed by atoms with Crippen molar-refractivity contribution in [3.63, 3.8) is 0 Å². The van der Waals surface area contributed by atoms with Gasteiger partial charge in [-0.1, -0.05) is 12.1 Å². The van der Waals surface area contributed by atoms with E-state index in [-0.39, 0.29) is 6.10 Å². The van der Waals surface area contributed by atoms with E-state index in [4.69, 9.17) is 9.72 Å². The van der Waals surface area contributed by atoms with E-state index < -0.39 is 0 Å². The van der Waals surface area contributed by atoms with Gasteiger partial charge < -0.3 is 4.74 Å². The Morgan fingerprint density at radius 2 is 1.90 bits per heavy atom. The van der Waals surface area contributed by atoms with Crippen molar-refractivity contribution >= 4 is 5.65 Å². The number of hydrogen-bond acceptors (Lipinski definition) is 5. The Kier molecular flexibility index (Phi) is 4.79. The summed E-state index contributed by atoms with van der Waals surface area (Å²) in [5.41, 5.74) is 6.26. The molecule has 0 aromatic carbocycles. The van der Waals surface area contributed by atoms with Gasteiger partial charge in [0.15, 0.2) is 0 Å². The second-order valence-electron chi connectivity index (χ2n) is 7.41. The maximum absolute atomic E-state index is 6.08. The summed E-state index contributed by atoms with van der Waals surface area (Å²) in [5.74, 6) is 0. The monoisotopic (exact) mass is 385 g/mol. The van der Waals surface area contributed by atoms with Crippen LogP contribution in [0.25, 0.3) is 16.9 Å². The van der Waals surface area contributed by atoms with Crippen molar-refractivity contribution < 1.29 is 4.74 Å². The van der Waals surface area contributed by atoms with E-state index in [9.17, 15) is 0 Å². The minimum Gasteiger partial charge on any atom is -0.369 e. The third-order valence-electron chi connectivity index (χ3n) is 5.30. The first-order chi connectivity index (χ1) is 14.3. The molecule has 0 bridgehead atoms. The molecule has 0 amide bonds. The van der Waals surface area contributed by atoms with E-state index in [2.05, 4.69) is 43.7 Å². The predicted molar refractivity (Wildman–Crippen MR) is 111 cm³/mol. The second kappa shape index (κ2) is 7.73. The zero-order valence-electron chi connectivity index (χ0n) is 16.4. The third-order valence-corrected chi connectivity index (χ3v) is 5.30. The smallest absolute Gasteiger partial charge is 0.137 e. The van der Waals surface area contributed by atoms with E-state index in [1.807, 2.05) is 49.6 Å². The first-order valence-electron chi connectivity index (χ1n) is 9.91. The number of aromatic nitrogens is 4. The molecule has 0 saturated carbocycles. The third kappa shape index (κ3) is 3.77. The number of morpholine rings is 1. The molecule has 1 unspecified atom stereocenters. The van der Waals surface area contributed by atoms with Crippen LogP contribution in [0.2, 0.25) is 0 Å². The molecule has 0 aliphatic carbocycles. The van der Waals surface area contributed by atoms with Crippen LogP contribution in [0.15, 0.2) is 67.1 Å². The standard InChI is InChI=1S/C23H23N5O/c1-17-4-2-5-19(25-17)14-27-12-13-29-22(16-27)20-15-28-21(6-3-7-23(28)26-20)18-8-10-24-11-9-18/h2-11,15,22H,12-14,16H2,1H3. The molecule has 0 N–H and O–H groups in total. The lowest BCUT2D eigenvalue weighted by atomic mass is 10.2. The fourth-order valence-electron chi connectivity index (χ4n) is 3.88. The fraction of sp³-hybridized carbons (Fsp3) is 0.261. The molecular weight excluding hydrogens is 362 g/mol. The van der Waals surface area contributed by atoms with Crippen molar-refractivity contribution in [1.82, 2.24) is 24.3 Å². The van der Waals surface area contributed by atoms with Crippen LogP contribution >= 0.6 is 0 Å². The highest BCUT2D eigenvalue weighted by molar-refractivity contribution is 5.63. The van der Waals surface area contributed by atoms with Gasteiger partial charge in [-0.15, -0.1) is 0 Å². The molecule has 0 radical (unpaired) electrons. The van der Waals surface area contributed by atoms with Crippen LogP contribution in [0, 0.1) is 6.92 Å². The number of hydrogen-bond donors (Lipinski definition) is 0. The van der Waals surface area contributed by atoms with Crippen molar-refractivity contribution in [2.45, 2.75) is 19.6 Å². The van der Waals surface area contributed by atoms with Crippen molar-refractivity contribution in [2.24, 2.45) is 0 Å². The molecule has 5 heterocycles. The van der Waals surface area contributed by atoms with Crippen LogP contribution in [0.5, 0.6) is 0 Å². The number of imidazole rings is 1. The summed E-state index contributed by atoms with van der Waals surface area (Å²) in [7, 11) is 0. The number of ether oxygens (including phenoxy) is 1. The fourth-order valence-corrected chi connectivity index (χ4v) is 3.88. The zero-order chi connectivity index (χ0) is 19.6. The Labute approximate surface area is 169 Å². The summed E-state index contributed by atoms with van der Waals surface area (Å²) < 4.78 is 8.22. The highest BCUT2D eigenvalue weighted by atomic mass is 16.5. The molecule has 4 aromatic rings. The molecule has 5 rings (SSSR count). The lowest BCUT2D eigenvalue weighted by Gasteiger charge is -2.31. The number of aryl methyl sites for hydroxylation is 1. The van der Waals surface area contributed by atoms with Crippen LogP contribution in [0.1, 0.15) is 23.2 Å². The van der Waals surface area contributed by atoms with Gasteiger partial charge in [-0.05, 0) is 43.3 Å². The van der Waals surface area contributed by atoms with Gasteiger partial charge in [0, 0.05) is 49.5 Å². The summed E-state index contributed by atoms with van der Waals surface area (Å²) in [5, 5.41) is 0. The Hall–Kier alpha value is -3.09. The maximum atomic E-state index is 6.08. The Balaban J connectivity index is 1.40. The number of fused-ring (bicyclic) bond motifs is 1. The highest BCUT2D eigenvalue weighted by Gasteiger charge is 2.25. The van der Waals surface area contributed by atoms with E-state index >= 15 is 0 Å². The first kappa shape index (κ1) is 18.0. The molecule has 6 nitrogen and oxygen atoms in total. The number of nitrogens with zero attached hydrogens (tertiary/aromatic N) is 5. The minimum atomic E-state index is -0.0428. The Bertz CT molecular complexity index is 1120. The highest BCUT2D eigenvalue weighted by Crippen LogP contribution is 2.26. The SMILES string of the molecule is Cc1cccc(CN2CCOC(c3cn4c(-c5ccncc5)cccc4n3)C2)n1. The zero-order valence-corrected chi connectivity index (χ0v) is 16.4. The quantitative estimate of drug-likeness (QED) is 0.536. The molecule has 29 heavy (non-hydrogen) atoms. The maximum Gasteiger partial charge on any atom is 0.137 e. The van der Waals surface area contributed by atoms with Gasteiger partial charge in [-0.25, -0.2) is 4.98 Å². The van der Waals surface area contributed by atoms with Crippen molar-refractivity contribution in [3.05, 3.63) is 84.2 Å². The topological polar surface area (TPSA) is 55.6 Å². The lowest BCUT2D eigenvalue weighted by Crippen LogP contribution is -2.38. The average molecular weight is 385 g/mol. The molecule has 1 atom stereocenters. The van der Waals surface area contributed by atoms with Crippen LogP contribution < -0.4 is 0 Å². The Morgan fingerprint density at radius 3 is 2.76 bits per heavy atom. The Morgan fingerprint density at radius 1 is 1.03 bits per heavy atom. The second-order valence-corrected chi connectivity index (χ2v) is 7.41. The summed E-state index contributed by atoms with van der Waals surface area (Å²) in [6.07, 6.45) is 5.68. The summed E-state index contributed by atoms with van der Waals surface area (Å²) in [4.78, 5) is 16.0. The van der Waals surface area contributed by atoms with Gasteiger partial charge in [0.1, 0.15) is 11.8 Å². The summed E-state index contributed by atoms with van der Waals surface area (Å²) in [6, 6.07) is 16.4. The number of rotatable bonds is 4. The van der Waals surface area contributed by atoms with Gasteiger partial charge in [0.2, 0.25) is 0 Å². The number of pyridine rings is 3.